The van der Waals surface area contributed by atoms with Crippen molar-refractivity contribution in [3.63, 3.8) is 0 Å². The summed E-state index contributed by atoms with van der Waals surface area (Å²) >= 11 is 3.42. The fourth-order valence-corrected chi connectivity index (χ4v) is 4.97. The first-order valence-electron chi connectivity index (χ1n) is 7.26. The van der Waals surface area contributed by atoms with Crippen LogP contribution in [0.3, 0.4) is 0 Å². The van der Waals surface area contributed by atoms with Crippen LogP contribution in [0, 0.1) is 13.8 Å². The summed E-state index contributed by atoms with van der Waals surface area (Å²) in [5.74, 6) is 0. The zero-order valence-electron chi connectivity index (χ0n) is 12.9. The molecule has 0 fully saturated rings. The molecule has 22 heavy (non-hydrogen) atoms. The summed E-state index contributed by atoms with van der Waals surface area (Å²) in [7, 11) is -3.48. The minimum Gasteiger partial charge on any atom is -0.346 e. The Balaban J connectivity index is 2.01. The van der Waals surface area contributed by atoms with Crippen molar-refractivity contribution in [3.8, 4) is 0 Å². The van der Waals surface area contributed by atoms with E-state index < -0.39 is 10.0 Å². The molecular weight excluding hydrogens is 364 g/mol. The number of sulfonamides is 1. The van der Waals surface area contributed by atoms with Crippen molar-refractivity contribution in [1.29, 1.82) is 0 Å². The van der Waals surface area contributed by atoms with Crippen LogP contribution in [0.2, 0.25) is 0 Å². The number of aromatic nitrogens is 1. The van der Waals surface area contributed by atoms with E-state index in [0.717, 1.165) is 15.7 Å². The van der Waals surface area contributed by atoms with Crippen LogP contribution in [0.1, 0.15) is 29.9 Å². The Morgan fingerprint density at radius 1 is 1.14 bits per heavy atom. The Hall–Kier alpha value is -1.11. The molecule has 6 heteroatoms. The molecule has 0 amide bonds. The van der Waals surface area contributed by atoms with Crippen molar-refractivity contribution in [2.75, 3.05) is 6.54 Å². The van der Waals surface area contributed by atoms with Gasteiger partial charge in [-0.1, -0.05) is 15.9 Å². The molecular formula is C16H19BrN2O2S. The molecule has 1 aliphatic heterocycles. The Labute approximate surface area is 139 Å². The molecule has 0 bridgehead atoms. The summed E-state index contributed by atoms with van der Waals surface area (Å²) in [6.07, 6.45) is 0. The van der Waals surface area contributed by atoms with E-state index >= 15 is 0 Å². The maximum absolute atomic E-state index is 13.0. The van der Waals surface area contributed by atoms with Gasteiger partial charge in [-0.3, -0.25) is 0 Å². The van der Waals surface area contributed by atoms with Crippen molar-refractivity contribution in [3.05, 3.63) is 51.8 Å². The largest absolute Gasteiger partial charge is 0.346 e. The van der Waals surface area contributed by atoms with E-state index in [-0.39, 0.29) is 6.04 Å². The first kappa shape index (κ1) is 15.8. The van der Waals surface area contributed by atoms with Gasteiger partial charge in [0.25, 0.3) is 0 Å². The van der Waals surface area contributed by atoms with Crippen molar-refractivity contribution in [2.24, 2.45) is 0 Å². The van der Waals surface area contributed by atoms with Crippen molar-refractivity contribution in [2.45, 2.75) is 38.3 Å². The number of rotatable bonds is 2. The lowest BCUT2D eigenvalue weighted by atomic mass is 10.2. The second kappa shape index (κ2) is 5.51. The predicted molar refractivity (Wildman–Crippen MR) is 90.4 cm³/mol. The van der Waals surface area contributed by atoms with E-state index in [9.17, 15) is 8.42 Å². The van der Waals surface area contributed by atoms with Gasteiger partial charge in [0.05, 0.1) is 10.9 Å². The average Bonchev–Trinajstić information content (AvgIpc) is 2.84. The number of halogens is 1. The fourth-order valence-electron chi connectivity index (χ4n) is 3.04. The van der Waals surface area contributed by atoms with Gasteiger partial charge in [-0.25, -0.2) is 8.42 Å². The van der Waals surface area contributed by atoms with Gasteiger partial charge in [-0.15, -0.1) is 0 Å². The van der Waals surface area contributed by atoms with Gasteiger partial charge in [0.1, 0.15) is 0 Å². The topological polar surface area (TPSA) is 42.3 Å². The van der Waals surface area contributed by atoms with Gasteiger partial charge in [-0.2, -0.15) is 4.31 Å². The summed E-state index contributed by atoms with van der Waals surface area (Å²) in [4.78, 5) is 0.358. The smallest absolute Gasteiger partial charge is 0.243 e. The minimum absolute atomic E-state index is 0.156. The highest BCUT2D eigenvalue weighted by Gasteiger charge is 2.34. The van der Waals surface area contributed by atoms with Crippen molar-refractivity contribution in [1.82, 2.24) is 8.87 Å². The van der Waals surface area contributed by atoms with Gasteiger partial charge in [0, 0.05) is 29.0 Å². The van der Waals surface area contributed by atoms with Gasteiger partial charge < -0.3 is 4.57 Å². The second-order valence-corrected chi connectivity index (χ2v) is 8.50. The lowest BCUT2D eigenvalue weighted by molar-refractivity contribution is 0.280. The zero-order chi connectivity index (χ0) is 16.1. The minimum atomic E-state index is -3.48. The van der Waals surface area contributed by atoms with Crippen LogP contribution in [-0.2, 0) is 16.6 Å². The number of hydrogen-bond acceptors (Lipinski definition) is 2. The highest BCUT2D eigenvalue weighted by Crippen LogP contribution is 2.33. The van der Waals surface area contributed by atoms with E-state index in [1.54, 1.807) is 22.5 Å². The van der Waals surface area contributed by atoms with Crippen LogP contribution in [0.5, 0.6) is 0 Å². The van der Waals surface area contributed by atoms with E-state index in [1.165, 1.54) is 5.69 Å². The predicted octanol–water partition coefficient (Wildman–Crippen LogP) is 3.63. The summed E-state index contributed by atoms with van der Waals surface area (Å²) in [5.41, 5.74) is 3.16. The molecule has 0 unspecified atom stereocenters. The van der Waals surface area contributed by atoms with E-state index in [1.807, 2.05) is 26.0 Å². The number of benzene rings is 1. The highest BCUT2D eigenvalue weighted by atomic mass is 79.9. The molecule has 4 nitrogen and oxygen atoms in total. The summed E-state index contributed by atoms with van der Waals surface area (Å²) in [6.45, 7) is 7.11. The quantitative estimate of drug-likeness (QED) is 0.795. The molecule has 0 aliphatic carbocycles. The number of aryl methyl sites for hydroxylation is 2. The van der Waals surface area contributed by atoms with Crippen molar-refractivity contribution < 1.29 is 8.42 Å². The first-order chi connectivity index (χ1) is 10.3. The zero-order valence-corrected chi connectivity index (χ0v) is 15.3. The molecule has 0 saturated heterocycles. The molecule has 0 N–H and O–H groups in total. The standard InChI is InChI=1S/C16H19BrN2O2S/c1-11-10-14(5-6-15(11)17)22(20,21)19-9-8-18-12(2)4-7-16(18)13(19)3/h4-7,10,13H,8-9H2,1-3H3/t13-/m1/s1. The van der Waals surface area contributed by atoms with Crippen LogP contribution in [-0.4, -0.2) is 23.8 Å². The molecule has 2 aromatic rings. The monoisotopic (exact) mass is 382 g/mol. The Morgan fingerprint density at radius 3 is 2.55 bits per heavy atom. The van der Waals surface area contributed by atoms with Crippen LogP contribution < -0.4 is 0 Å². The molecule has 1 atom stereocenters. The normalized spacial score (nSPS) is 19.2. The van der Waals surface area contributed by atoms with E-state index in [0.29, 0.717) is 18.0 Å². The van der Waals surface area contributed by atoms with Gasteiger partial charge >= 0.3 is 0 Å². The van der Waals surface area contributed by atoms with Gasteiger partial charge in [0.2, 0.25) is 10.0 Å². The molecule has 0 spiro atoms. The third-order valence-electron chi connectivity index (χ3n) is 4.37. The molecule has 1 aliphatic rings. The molecule has 2 heterocycles. The fraction of sp³-hybridized carbons (Fsp3) is 0.375. The molecule has 0 saturated carbocycles. The van der Waals surface area contributed by atoms with Crippen LogP contribution >= 0.6 is 15.9 Å². The van der Waals surface area contributed by atoms with Gasteiger partial charge in [-0.05, 0) is 56.7 Å². The van der Waals surface area contributed by atoms with Gasteiger partial charge in [0.15, 0.2) is 0 Å². The summed E-state index contributed by atoms with van der Waals surface area (Å²) < 4.78 is 30.7. The first-order valence-corrected chi connectivity index (χ1v) is 9.49. The molecule has 1 aromatic carbocycles. The average molecular weight is 383 g/mol. The number of fused-ring (bicyclic) bond motifs is 1. The Morgan fingerprint density at radius 2 is 1.86 bits per heavy atom. The Kier molecular flexibility index (Phi) is 3.95. The molecule has 3 rings (SSSR count). The summed E-state index contributed by atoms with van der Waals surface area (Å²) in [5, 5.41) is 0. The number of nitrogens with zero attached hydrogens (tertiary/aromatic N) is 2. The Bertz CT molecular complexity index is 827. The van der Waals surface area contributed by atoms with E-state index in [4.69, 9.17) is 0 Å². The van der Waals surface area contributed by atoms with E-state index in [2.05, 4.69) is 27.4 Å². The third-order valence-corrected chi connectivity index (χ3v) is 7.23. The second-order valence-electron chi connectivity index (χ2n) is 5.75. The van der Waals surface area contributed by atoms with Crippen LogP contribution in [0.15, 0.2) is 39.7 Å². The molecule has 118 valence electrons. The van der Waals surface area contributed by atoms with Crippen molar-refractivity contribution >= 4 is 26.0 Å². The number of hydrogen-bond donors (Lipinski definition) is 0. The lowest BCUT2D eigenvalue weighted by Gasteiger charge is -2.34. The van der Waals surface area contributed by atoms with Crippen LogP contribution in [0.25, 0.3) is 0 Å². The maximum atomic E-state index is 13.0. The summed E-state index contributed by atoms with van der Waals surface area (Å²) in [6, 6.07) is 9.10. The van der Waals surface area contributed by atoms with Crippen LogP contribution in [0.4, 0.5) is 0 Å². The third kappa shape index (κ3) is 2.43. The SMILES string of the molecule is Cc1cc(S(=O)(=O)N2CCn3c(C)ccc3[C@H]2C)ccc1Br. The highest BCUT2D eigenvalue weighted by molar-refractivity contribution is 9.10. The molecule has 0 radical (unpaired) electrons. The lowest BCUT2D eigenvalue weighted by Crippen LogP contribution is -2.41. The molecule has 1 aromatic heterocycles. The maximum Gasteiger partial charge on any atom is 0.243 e.